The van der Waals surface area contributed by atoms with Crippen molar-refractivity contribution in [2.24, 2.45) is 5.41 Å². The quantitative estimate of drug-likeness (QED) is 0.760. The number of hydrogen-bond donors (Lipinski definition) is 0. The molecule has 1 aromatic carbocycles. The Bertz CT molecular complexity index is 531. The third-order valence-electron chi connectivity index (χ3n) is 3.94. The molecule has 0 unspecified atom stereocenters. The van der Waals surface area contributed by atoms with E-state index >= 15 is 0 Å². The maximum absolute atomic E-state index is 12.4. The van der Waals surface area contributed by atoms with Crippen LogP contribution in [-0.4, -0.2) is 19.5 Å². The van der Waals surface area contributed by atoms with Crippen molar-refractivity contribution in [1.82, 2.24) is 0 Å². The summed E-state index contributed by atoms with van der Waals surface area (Å²) < 4.78 is 24.8. The zero-order chi connectivity index (χ0) is 13.9. The van der Waals surface area contributed by atoms with Crippen molar-refractivity contribution in [3.8, 4) is 0 Å². The maximum Gasteiger partial charge on any atom is 0.155 e. The Labute approximate surface area is 124 Å². The van der Waals surface area contributed by atoms with E-state index in [2.05, 4.69) is 15.9 Å². The van der Waals surface area contributed by atoms with Crippen molar-refractivity contribution in [2.75, 3.05) is 11.1 Å². The Balaban J connectivity index is 2.10. The zero-order valence-electron chi connectivity index (χ0n) is 11.4. The lowest BCUT2D eigenvalue weighted by molar-refractivity contribution is 0.394. The predicted octanol–water partition coefficient (Wildman–Crippen LogP) is 3.87. The monoisotopic (exact) mass is 344 g/mol. The Morgan fingerprint density at radius 1 is 1.26 bits per heavy atom. The summed E-state index contributed by atoms with van der Waals surface area (Å²) in [7, 11) is -3.04. The number of halogens is 1. The van der Waals surface area contributed by atoms with E-state index in [-0.39, 0.29) is 11.2 Å². The third kappa shape index (κ3) is 4.06. The number of alkyl halides is 1. The van der Waals surface area contributed by atoms with Crippen LogP contribution in [0.25, 0.3) is 0 Å². The van der Waals surface area contributed by atoms with Gasteiger partial charge < -0.3 is 0 Å². The number of hydrogen-bond acceptors (Lipinski definition) is 2. The SMILES string of the molecule is Cc1cccc(CS(=O)(=O)CC2(CBr)CCCC2)c1. The Kier molecular flexibility index (Phi) is 4.72. The molecular formula is C15H21BrO2S. The minimum atomic E-state index is -3.04. The van der Waals surface area contributed by atoms with Gasteiger partial charge in [0.1, 0.15) is 0 Å². The molecule has 0 aromatic heterocycles. The van der Waals surface area contributed by atoms with Gasteiger partial charge in [0.2, 0.25) is 0 Å². The van der Waals surface area contributed by atoms with Gasteiger partial charge >= 0.3 is 0 Å². The summed E-state index contributed by atoms with van der Waals surface area (Å²) in [4.78, 5) is 0. The lowest BCUT2D eigenvalue weighted by Gasteiger charge is -2.26. The van der Waals surface area contributed by atoms with Crippen molar-refractivity contribution in [2.45, 2.75) is 38.4 Å². The largest absolute Gasteiger partial charge is 0.228 e. The van der Waals surface area contributed by atoms with Crippen LogP contribution in [0.3, 0.4) is 0 Å². The van der Waals surface area contributed by atoms with E-state index in [9.17, 15) is 8.42 Å². The Hall–Kier alpha value is -0.350. The van der Waals surface area contributed by atoms with E-state index in [0.717, 1.165) is 42.1 Å². The molecule has 2 nitrogen and oxygen atoms in total. The molecule has 0 saturated heterocycles. The second-order valence-corrected chi connectivity index (χ2v) is 8.49. The Morgan fingerprint density at radius 2 is 1.95 bits per heavy atom. The van der Waals surface area contributed by atoms with Gasteiger partial charge in [0.05, 0.1) is 11.5 Å². The summed E-state index contributed by atoms with van der Waals surface area (Å²) in [5.41, 5.74) is 1.99. The molecule has 0 aliphatic heterocycles. The number of rotatable bonds is 5. The summed E-state index contributed by atoms with van der Waals surface area (Å²) >= 11 is 3.52. The van der Waals surface area contributed by atoms with Crippen LogP contribution >= 0.6 is 15.9 Å². The van der Waals surface area contributed by atoms with Crippen LogP contribution in [0.2, 0.25) is 0 Å². The summed E-state index contributed by atoms with van der Waals surface area (Å²) in [6.45, 7) is 1.99. The van der Waals surface area contributed by atoms with Gasteiger partial charge in [-0.2, -0.15) is 0 Å². The molecule has 1 aromatic rings. The molecule has 0 radical (unpaired) electrons. The molecule has 1 fully saturated rings. The summed E-state index contributed by atoms with van der Waals surface area (Å²) in [5.74, 6) is 0.489. The molecule has 0 atom stereocenters. The van der Waals surface area contributed by atoms with Crippen LogP contribution in [0, 0.1) is 12.3 Å². The van der Waals surface area contributed by atoms with Crippen LogP contribution in [0.15, 0.2) is 24.3 Å². The lowest BCUT2D eigenvalue weighted by atomic mass is 9.92. The van der Waals surface area contributed by atoms with Crippen molar-refractivity contribution in [1.29, 1.82) is 0 Å². The van der Waals surface area contributed by atoms with Crippen molar-refractivity contribution in [3.63, 3.8) is 0 Å². The maximum atomic E-state index is 12.4. The summed E-state index contributed by atoms with van der Waals surface area (Å²) in [6.07, 6.45) is 4.38. The lowest BCUT2D eigenvalue weighted by Crippen LogP contribution is -2.29. The normalized spacial score (nSPS) is 18.6. The molecule has 4 heteroatoms. The highest BCUT2D eigenvalue weighted by Gasteiger charge is 2.37. The fourth-order valence-corrected chi connectivity index (χ4v) is 6.15. The average molecular weight is 345 g/mol. The second kappa shape index (κ2) is 5.96. The van der Waals surface area contributed by atoms with Crippen molar-refractivity contribution < 1.29 is 8.42 Å². The van der Waals surface area contributed by atoms with E-state index in [1.54, 1.807) is 0 Å². The summed E-state index contributed by atoms with van der Waals surface area (Å²) in [5, 5.41) is 0.799. The van der Waals surface area contributed by atoms with Gasteiger partial charge in [-0.1, -0.05) is 58.6 Å². The highest BCUT2D eigenvalue weighted by Crippen LogP contribution is 2.41. The molecule has 0 heterocycles. The van der Waals surface area contributed by atoms with Crippen molar-refractivity contribution in [3.05, 3.63) is 35.4 Å². The molecule has 0 bridgehead atoms. The number of sulfone groups is 1. The first-order valence-electron chi connectivity index (χ1n) is 6.77. The van der Waals surface area contributed by atoms with Crippen LogP contribution < -0.4 is 0 Å². The van der Waals surface area contributed by atoms with Crippen LogP contribution in [0.4, 0.5) is 0 Å². The molecule has 1 saturated carbocycles. The summed E-state index contributed by atoms with van der Waals surface area (Å²) in [6, 6.07) is 7.79. The van der Waals surface area contributed by atoms with Gasteiger partial charge in [-0.25, -0.2) is 8.42 Å². The minimum Gasteiger partial charge on any atom is -0.228 e. The van der Waals surface area contributed by atoms with Crippen LogP contribution in [0.1, 0.15) is 36.8 Å². The highest BCUT2D eigenvalue weighted by molar-refractivity contribution is 9.09. The van der Waals surface area contributed by atoms with E-state index < -0.39 is 9.84 Å². The smallest absolute Gasteiger partial charge is 0.155 e. The van der Waals surface area contributed by atoms with E-state index in [0.29, 0.717) is 5.75 Å². The highest BCUT2D eigenvalue weighted by atomic mass is 79.9. The molecule has 0 spiro atoms. The first-order chi connectivity index (χ1) is 8.95. The van der Waals surface area contributed by atoms with Gasteiger partial charge in [-0.05, 0) is 30.7 Å². The first kappa shape index (κ1) is 15.0. The number of aryl methyl sites for hydroxylation is 1. The topological polar surface area (TPSA) is 34.1 Å². The first-order valence-corrected chi connectivity index (χ1v) is 9.71. The predicted molar refractivity (Wildman–Crippen MR) is 83.4 cm³/mol. The standard InChI is InChI=1S/C15H21BrO2S/c1-13-5-4-6-14(9-13)10-19(17,18)12-15(11-16)7-2-3-8-15/h4-6,9H,2-3,7-8,10-12H2,1H3. The molecule has 0 N–H and O–H groups in total. The van der Waals surface area contributed by atoms with Crippen LogP contribution in [-0.2, 0) is 15.6 Å². The van der Waals surface area contributed by atoms with E-state index in [1.165, 1.54) is 0 Å². The van der Waals surface area contributed by atoms with Gasteiger partial charge in [0.15, 0.2) is 9.84 Å². The fourth-order valence-electron chi connectivity index (χ4n) is 3.01. The van der Waals surface area contributed by atoms with E-state index in [4.69, 9.17) is 0 Å². The van der Waals surface area contributed by atoms with Gasteiger partial charge in [0, 0.05) is 5.33 Å². The van der Waals surface area contributed by atoms with Crippen molar-refractivity contribution >= 4 is 25.8 Å². The molecular weight excluding hydrogens is 324 g/mol. The van der Waals surface area contributed by atoms with Gasteiger partial charge in [0.25, 0.3) is 0 Å². The molecule has 2 rings (SSSR count). The zero-order valence-corrected chi connectivity index (χ0v) is 13.8. The van der Waals surface area contributed by atoms with Gasteiger partial charge in [-0.15, -0.1) is 0 Å². The molecule has 106 valence electrons. The Morgan fingerprint density at radius 3 is 2.53 bits per heavy atom. The second-order valence-electron chi connectivity index (χ2n) is 5.86. The number of benzene rings is 1. The molecule has 1 aliphatic carbocycles. The molecule has 1 aliphatic rings. The van der Waals surface area contributed by atoms with Crippen LogP contribution in [0.5, 0.6) is 0 Å². The third-order valence-corrected chi connectivity index (χ3v) is 6.96. The molecule has 19 heavy (non-hydrogen) atoms. The van der Waals surface area contributed by atoms with E-state index in [1.807, 2.05) is 31.2 Å². The minimum absolute atomic E-state index is 0.0251. The average Bonchev–Trinajstić information content (AvgIpc) is 2.76. The van der Waals surface area contributed by atoms with Gasteiger partial charge in [-0.3, -0.25) is 0 Å². The fraction of sp³-hybridized carbons (Fsp3) is 0.600. The molecule has 0 amide bonds.